The third-order valence-corrected chi connectivity index (χ3v) is 2.51. The standard InChI is InChI=1S/C12H19FN4O/c1-8(2)4-3-6-16-12(18)9-5-7-15-11(17-14)10(9)13/h5,7-8H,3-4,6,14H2,1-2H3,(H,15,17)(H,16,18). The largest absolute Gasteiger partial charge is 0.352 e. The van der Waals surface area contributed by atoms with Gasteiger partial charge in [-0.3, -0.25) is 4.79 Å². The van der Waals surface area contributed by atoms with E-state index in [1.54, 1.807) is 0 Å². The molecule has 0 aliphatic rings. The van der Waals surface area contributed by atoms with Crippen LogP contribution in [0.5, 0.6) is 0 Å². The van der Waals surface area contributed by atoms with Crippen LogP contribution in [0.3, 0.4) is 0 Å². The van der Waals surface area contributed by atoms with Crippen molar-refractivity contribution in [3.05, 3.63) is 23.6 Å². The van der Waals surface area contributed by atoms with Gasteiger partial charge >= 0.3 is 0 Å². The number of rotatable bonds is 6. The van der Waals surface area contributed by atoms with Gasteiger partial charge in [-0.05, 0) is 24.8 Å². The molecule has 1 rings (SSSR count). The summed E-state index contributed by atoms with van der Waals surface area (Å²) in [5, 5.41) is 2.67. The molecule has 0 saturated heterocycles. The van der Waals surface area contributed by atoms with Gasteiger partial charge in [0.1, 0.15) is 0 Å². The van der Waals surface area contributed by atoms with Crippen LogP contribution in [0, 0.1) is 11.7 Å². The zero-order valence-corrected chi connectivity index (χ0v) is 10.7. The SMILES string of the molecule is CC(C)CCCNC(=O)c1ccnc(NN)c1F. The number of nitrogens with two attached hydrogens (primary N) is 1. The fourth-order valence-electron chi connectivity index (χ4n) is 1.53. The van der Waals surface area contributed by atoms with Crippen LogP contribution in [-0.4, -0.2) is 17.4 Å². The highest BCUT2D eigenvalue weighted by atomic mass is 19.1. The summed E-state index contributed by atoms with van der Waals surface area (Å²) in [5.41, 5.74) is 2.05. The molecule has 18 heavy (non-hydrogen) atoms. The van der Waals surface area contributed by atoms with E-state index < -0.39 is 11.7 Å². The number of hydrazine groups is 1. The number of hydrogen-bond donors (Lipinski definition) is 3. The molecule has 1 heterocycles. The molecular formula is C12H19FN4O. The molecule has 5 nitrogen and oxygen atoms in total. The normalized spacial score (nSPS) is 10.5. The Balaban J connectivity index is 2.56. The molecule has 0 radical (unpaired) electrons. The molecule has 4 N–H and O–H groups in total. The second-order valence-corrected chi connectivity index (χ2v) is 4.46. The summed E-state index contributed by atoms with van der Waals surface area (Å²) in [5.74, 6) is 4.36. The van der Waals surface area contributed by atoms with E-state index in [9.17, 15) is 9.18 Å². The van der Waals surface area contributed by atoms with Gasteiger partial charge in [0.15, 0.2) is 11.6 Å². The van der Waals surface area contributed by atoms with E-state index in [0.717, 1.165) is 12.8 Å². The fraction of sp³-hybridized carbons (Fsp3) is 0.500. The first-order chi connectivity index (χ1) is 8.56. The van der Waals surface area contributed by atoms with E-state index >= 15 is 0 Å². The third-order valence-electron chi connectivity index (χ3n) is 2.51. The Morgan fingerprint density at radius 3 is 2.89 bits per heavy atom. The Kier molecular flexibility index (Phi) is 5.51. The minimum absolute atomic E-state index is 0.0532. The van der Waals surface area contributed by atoms with Crippen molar-refractivity contribution in [3.63, 3.8) is 0 Å². The first-order valence-corrected chi connectivity index (χ1v) is 5.95. The van der Waals surface area contributed by atoms with Crippen molar-refractivity contribution in [1.29, 1.82) is 0 Å². The van der Waals surface area contributed by atoms with Crippen molar-refractivity contribution in [2.75, 3.05) is 12.0 Å². The van der Waals surface area contributed by atoms with Crippen LogP contribution < -0.4 is 16.6 Å². The lowest BCUT2D eigenvalue weighted by Gasteiger charge is -2.08. The molecule has 0 saturated carbocycles. The van der Waals surface area contributed by atoms with E-state index in [1.807, 2.05) is 0 Å². The number of halogens is 1. The van der Waals surface area contributed by atoms with Gasteiger partial charge in [0.05, 0.1) is 5.56 Å². The average Bonchev–Trinajstić information content (AvgIpc) is 2.34. The molecule has 0 spiro atoms. The Morgan fingerprint density at radius 2 is 2.28 bits per heavy atom. The maximum Gasteiger partial charge on any atom is 0.254 e. The lowest BCUT2D eigenvalue weighted by Crippen LogP contribution is -2.26. The van der Waals surface area contributed by atoms with E-state index in [0.29, 0.717) is 12.5 Å². The number of carbonyl (C=O) groups excluding carboxylic acids is 1. The summed E-state index contributed by atoms with van der Waals surface area (Å²) in [6.07, 6.45) is 3.23. The molecule has 1 aromatic heterocycles. The molecule has 6 heteroatoms. The van der Waals surface area contributed by atoms with Gasteiger partial charge in [0, 0.05) is 12.7 Å². The zero-order valence-electron chi connectivity index (χ0n) is 10.7. The van der Waals surface area contributed by atoms with Crippen molar-refractivity contribution in [2.45, 2.75) is 26.7 Å². The quantitative estimate of drug-likeness (QED) is 0.410. The summed E-state index contributed by atoms with van der Waals surface area (Å²) >= 11 is 0. The number of amides is 1. The lowest BCUT2D eigenvalue weighted by atomic mass is 10.1. The Hall–Kier alpha value is -1.69. The number of anilines is 1. The van der Waals surface area contributed by atoms with Crippen LogP contribution in [0.2, 0.25) is 0 Å². The number of nitrogens with zero attached hydrogens (tertiary/aromatic N) is 1. The van der Waals surface area contributed by atoms with Crippen molar-refractivity contribution < 1.29 is 9.18 Å². The lowest BCUT2D eigenvalue weighted by molar-refractivity contribution is 0.0948. The van der Waals surface area contributed by atoms with Crippen molar-refractivity contribution in [3.8, 4) is 0 Å². The summed E-state index contributed by atoms with van der Waals surface area (Å²) in [6.45, 7) is 4.76. The van der Waals surface area contributed by atoms with Crippen LogP contribution in [0.1, 0.15) is 37.0 Å². The molecule has 0 fully saturated rings. The maximum absolute atomic E-state index is 13.7. The predicted octanol–water partition coefficient (Wildman–Crippen LogP) is 1.67. The fourth-order valence-corrected chi connectivity index (χ4v) is 1.53. The monoisotopic (exact) mass is 254 g/mol. The van der Waals surface area contributed by atoms with Crippen LogP contribution in [-0.2, 0) is 0 Å². The molecule has 0 unspecified atom stereocenters. The highest BCUT2D eigenvalue weighted by Gasteiger charge is 2.14. The van der Waals surface area contributed by atoms with Gasteiger partial charge in [0.25, 0.3) is 5.91 Å². The van der Waals surface area contributed by atoms with Gasteiger partial charge in [-0.1, -0.05) is 13.8 Å². The zero-order chi connectivity index (χ0) is 13.5. The number of aromatic nitrogens is 1. The van der Waals surface area contributed by atoms with Crippen LogP contribution in [0.15, 0.2) is 12.3 Å². The van der Waals surface area contributed by atoms with Crippen LogP contribution >= 0.6 is 0 Å². The van der Waals surface area contributed by atoms with Crippen molar-refractivity contribution >= 4 is 11.7 Å². The first-order valence-electron chi connectivity index (χ1n) is 5.95. The highest BCUT2D eigenvalue weighted by Crippen LogP contribution is 2.13. The molecule has 1 amide bonds. The Bertz CT molecular complexity index is 409. The Morgan fingerprint density at radius 1 is 1.56 bits per heavy atom. The van der Waals surface area contributed by atoms with E-state index in [4.69, 9.17) is 5.84 Å². The minimum atomic E-state index is -0.735. The first kappa shape index (κ1) is 14.4. The summed E-state index contributed by atoms with van der Waals surface area (Å²) in [4.78, 5) is 15.4. The average molecular weight is 254 g/mol. The number of nitrogen functional groups attached to an aromatic ring is 1. The van der Waals surface area contributed by atoms with Gasteiger partial charge in [-0.2, -0.15) is 0 Å². The predicted molar refractivity (Wildman–Crippen MR) is 68.4 cm³/mol. The molecule has 0 bridgehead atoms. The summed E-state index contributed by atoms with van der Waals surface area (Å²) < 4.78 is 13.7. The molecular weight excluding hydrogens is 235 g/mol. The van der Waals surface area contributed by atoms with Gasteiger partial charge in [0.2, 0.25) is 0 Å². The number of hydrogen-bond acceptors (Lipinski definition) is 4. The topological polar surface area (TPSA) is 80.0 Å². The smallest absolute Gasteiger partial charge is 0.254 e. The number of nitrogens with one attached hydrogen (secondary N) is 2. The second kappa shape index (κ2) is 6.90. The van der Waals surface area contributed by atoms with Crippen molar-refractivity contribution in [1.82, 2.24) is 10.3 Å². The van der Waals surface area contributed by atoms with E-state index in [1.165, 1.54) is 12.3 Å². The van der Waals surface area contributed by atoms with Gasteiger partial charge in [-0.25, -0.2) is 15.2 Å². The second-order valence-electron chi connectivity index (χ2n) is 4.46. The third kappa shape index (κ3) is 3.96. The van der Waals surface area contributed by atoms with E-state index in [-0.39, 0.29) is 11.4 Å². The van der Waals surface area contributed by atoms with Crippen LogP contribution in [0.4, 0.5) is 10.2 Å². The Labute approximate surface area is 106 Å². The molecule has 0 aliphatic heterocycles. The maximum atomic E-state index is 13.7. The number of pyridine rings is 1. The molecule has 1 aromatic rings. The van der Waals surface area contributed by atoms with Gasteiger partial charge < -0.3 is 10.7 Å². The minimum Gasteiger partial charge on any atom is -0.352 e. The summed E-state index contributed by atoms with van der Waals surface area (Å²) in [7, 11) is 0. The molecule has 100 valence electrons. The van der Waals surface area contributed by atoms with Crippen molar-refractivity contribution in [2.24, 2.45) is 11.8 Å². The highest BCUT2D eigenvalue weighted by molar-refractivity contribution is 5.95. The number of carbonyl (C=O) groups is 1. The van der Waals surface area contributed by atoms with E-state index in [2.05, 4.69) is 29.6 Å². The summed E-state index contributed by atoms with van der Waals surface area (Å²) in [6, 6.07) is 1.33. The van der Waals surface area contributed by atoms with Crippen LogP contribution in [0.25, 0.3) is 0 Å². The molecule has 0 atom stereocenters. The van der Waals surface area contributed by atoms with Gasteiger partial charge in [-0.15, -0.1) is 0 Å². The molecule has 0 aromatic carbocycles. The molecule has 0 aliphatic carbocycles.